The summed E-state index contributed by atoms with van der Waals surface area (Å²) in [6.07, 6.45) is 0. The van der Waals surface area contributed by atoms with E-state index in [0.29, 0.717) is 11.6 Å². The molecule has 3 nitrogen and oxygen atoms in total. The number of nitrogens with zero attached hydrogens (tertiary/aromatic N) is 2. The van der Waals surface area contributed by atoms with Gasteiger partial charge in [0.05, 0.1) is 5.52 Å². The van der Waals surface area contributed by atoms with E-state index in [1.807, 2.05) is 37.3 Å². The van der Waals surface area contributed by atoms with Crippen LogP contribution in [0.15, 0.2) is 42.5 Å². The number of nitrogen functional groups attached to an aromatic ring is 1. The van der Waals surface area contributed by atoms with Crippen molar-refractivity contribution in [3.8, 4) is 11.4 Å². The second-order valence-corrected chi connectivity index (χ2v) is 4.82. The first kappa shape index (κ1) is 11.7. The molecule has 0 aliphatic carbocycles. The predicted octanol–water partition coefficient (Wildman–Crippen LogP) is 3.50. The molecule has 0 unspecified atom stereocenters. The van der Waals surface area contributed by atoms with Gasteiger partial charge in [-0.05, 0) is 32.0 Å². The van der Waals surface area contributed by atoms with Crippen molar-refractivity contribution < 1.29 is 0 Å². The summed E-state index contributed by atoms with van der Waals surface area (Å²) in [5.41, 5.74) is 10.3. The molecule has 19 heavy (non-hydrogen) atoms. The van der Waals surface area contributed by atoms with Gasteiger partial charge in [-0.25, -0.2) is 9.97 Å². The van der Waals surface area contributed by atoms with E-state index in [9.17, 15) is 0 Å². The highest BCUT2D eigenvalue weighted by Gasteiger charge is 2.07. The molecular weight excluding hydrogens is 234 g/mol. The molecule has 1 aromatic heterocycles. The molecule has 3 aromatic rings. The number of anilines is 1. The second kappa shape index (κ2) is 4.35. The van der Waals surface area contributed by atoms with Gasteiger partial charge in [0.25, 0.3) is 0 Å². The van der Waals surface area contributed by atoms with Gasteiger partial charge in [-0.15, -0.1) is 0 Å². The maximum Gasteiger partial charge on any atom is 0.162 e. The smallest absolute Gasteiger partial charge is 0.162 e. The van der Waals surface area contributed by atoms with E-state index in [4.69, 9.17) is 5.73 Å². The number of hydrogen-bond acceptors (Lipinski definition) is 3. The highest BCUT2D eigenvalue weighted by molar-refractivity contribution is 5.90. The summed E-state index contributed by atoms with van der Waals surface area (Å²) in [7, 11) is 0. The van der Waals surface area contributed by atoms with Crippen LogP contribution in [0.5, 0.6) is 0 Å². The minimum atomic E-state index is 0.533. The largest absolute Gasteiger partial charge is 0.383 e. The fourth-order valence-electron chi connectivity index (χ4n) is 2.18. The Hall–Kier alpha value is -2.42. The molecule has 3 heteroatoms. The SMILES string of the molecule is Cc1cccc(-c2nc(N)c3cc(C)ccc3n2)c1. The van der Waals surface area contributed by atoms with E-state index < -0.39 is 0 Å². The average Bonchev–Trinajstić information content (AvgIpc) is 2.39. The minimum absolute atomic E-state index is 0.533. The number of aromatic nitrogens is 2. The molecule has 0 atom stereocenters. The van der Waals surface area contributed by atoms with Gasteiger partial charge in [-0.2, -0.15) is 0 Å². The van der Waals surface area contributed by atoms with Gasteiger partial charge in [0.15, 0.2) is 5.82 Å². The lowest BCUT2D eigenvalue weighted by Crippen LogP contribution is -1.98. The summed E-state index contributed by atoms with van der Waals surface area (Å²) in [6.45, 7) is 4.09. The quantitative estimate of drug-likeness (QED) is 0.718. The lowest BCUT2D eigenvalue weighted by Gasteiger charge is -2.06. The Morgan fingerprint density at radius 3 is 2.47 bits per heavy atom. The van der Waals surface area contributed by atoms with E-state index in [2.05, 4.69) is 29.0 Å². The zero-order valence-corrected chi connectivity index (χ0v) is 11.0. The molecule has 2 aromatic carbocycles. The molecule has 1 heterocycles. The molecule has 2 N–H and O–H groups in total. The summed E-state index contributed by atoms with van der Waals surface area (Å²) in [5.74, 6) is 1.21. The number of hydrogen-bond donors (Lipinski definition) is 1. The Morgan fingerprint density at radius 1 is 0.895 bits per heavy atom. The summed E-state index contributed by atoms with van der Waals surface area (Å²) in [6, 6.07) is 14.2. The van der Waals surface area contributed by atoms with Crippen molar-refractivity contribution in [1.29, 1.82) is 0 Å². The van der Waals surface area contributed by atoms with Crippen LogP contribution in [0, 0.1) is 13.8 Å². The number of benzene rings is 2. The molecule has 0 saturated heterocycles. The zero-order valence-electron chi connectivity index (χ0n) is 11.0. The Bertz CT molecular complexity index is 763. The van der Waals surface area contributed by atoms with Crippen LogP contribution in [0.4, 0.5) is 5.82 Å². The monoisotopic (exact) mass is 249 g/mol. The average molecular weight is 249 g/mol. The van der Waals surface area contributed by atoms with Crippen molar-refractivity contribution in [2.24, 2.45) is 0 Å². The molecule has 0 bridgehead atoms. The zero-order chi connectivity index (χ0) is 13.4. The van der Waals surface area contributed by atoms with Crippen LogP contribution in [0.1, 0.15) is 11.1 Å². The van der Waals surface area contributed by atoms with Crippen molar-refractivity contribution in [3.63, 3.8) is 0 Å². The van der Waals surface area contributed by atoms with Crippen LogP contribution in [0.2, 0.25) is 0 Å². The number of fused-ring (bicyclic) bond motifs is 1. The van der Waals surface area contributed by atoms with Gasteiger partial charge in [0, 0.05) is 10.9 Å². The Labute approximate surface area is 112 Å². The van der Waals surface area contributed by atoms with Crippen molar-refractivity contribution in [2.45, 2.75) is 13.8 Å². The highest BCUT2D eigenvalue weighted by atomic mass is 14.9. The molecule has 0 spiro atoms. The third kappa shape index (κ3) is 2.15. The topological polar surface area (TPSA) is 51.8 Å². The first-order valence-corrected chi connectivity index (χ1v) is 6.24. The molecule has 0 radical (unpaired) electrons. The van der Waals surface area contributed by atoms with Gasteiger partial charge in [-0.1, -0.05) is 35.4 Å². The summed E-state index contributed by atoms with van der Waals surface area (Å²) >= 11 is 0. The minimum Gasteiger partial charge on any atom is -0.383 e. The maximum absolute atomic E-state index is 6.05. The summed E-state index contributed by atoms with van der Waals surface area (Å²) in [4.78, 5) is 9.02. The highest BCUT2D eigenvalue weighted by Crippen LogP contribution is 2.24. The van der Waals surface area contributed by atoms with Crippen LogP contribution in [-0.4, -0.2) is 9.97 Å². The normalized spacial score (nSPS) is 10.8. The van der Waals surface area contributed by atoms with Gasteiger partial charge < -0.3 is 5.73 Å². The molecule has 0 saturated carbocycles. The fourth-order valence-corrected chi connectivity index (χ4v) is 2.18. The van der Waals surface area contributed by atoms with Gasteiger partial charge in [0.2, 0.25) is 0 Å². The van der Waals surface area contributed by atoms with Crippen molar-refractivity contribution in [3.05, 3.63) is 53.6 Å². The maximum atomic E-state index is 6.05. The predicted molar refractivity (Wildman–Crippen MR) is 78.9 cm³/mol. The third-order valence-electron chi connectivity index (χ3n) is 3.16. The molecule has 94 valence electrons. The van der Waals surface area contributed by atoms with Crippen LogP contribution in [0.25, 0.3) is 22.3 Å². The second-order valence-electron chi connectivity index (χ2n) is 4.82. The number of aryl methyl sites for hydroxylation is 2. The van der Waals surface area contributed by atoms with E-state index in [1.54, 1.807) is 0 Å². The van der Waals surface area contributed by atoms with Crippen LogP contribution in [0.3, 0.4) is 0 Å². The Balaban J connectivity index is 2.24. The van der Waals surface area contributed by atoms with Gasteiger partial charge in [-0.3, -0.25) is 0 Å². The van der Waals surface area contributed by atoms with Crippen LogP contribution >= 0.6 is 0 Å². The first-order valence-electron chi connectivity index (χ1n) is 6.24. The Kier molecular flexibility index (Phi) is 2.67. The lowest BCUT2D eigenvalue weighted by molar-refractivity contribution is 1.23. The van der Waals surface area contributed by atoms with E-state index in [-0.39, 0.29) is 0 Å². The van der Waals surface area contributed by atoms with Gasteiger partial charge >= 0.3 is 0 Å². The molecule has 0 amide bonds. The van der Waals surface area contributed by atoms with Crippen LogP contribution in [-0.2, 0) is 0 Å². The molecular formula is C16H15N3. The summed E-state index contributed by atoms with van der Waals surface area (Å²) < 4.78 is 0. The molecule has 3 rings (SSSR count). The van der Waals surface area contributed by atoms with Crippen molar-refractivity contribution in [1.82, 2.24) is 9.97 Å². The standard InChI is InChI=1S/C16H15N3/c1-10-4-3-5-12(8-10)16-18-14-7-6-11(2)9-13(14)15(17)19-16/h3-9H,1-2H3,(H2,17,18,19). The molecule has 0 fully saturated rings. The first-order chi connectivity index (χ1) is 9.13. The van der Waals surface area contributed by atoms with E-state index in [1.165, 1.54) is 5.56 Å². The number of nitrogens with two attached hydrogens (primary N) is 1. The summed E-state index contributed by atoms with van der Waals surface area (Å²) in [5, 5.41) is 0.913. The number of rotatable bonds is 1. The van der Waals surface area contributed by atoms with Crippen molar-refractivity contribution in [2.75, 3.05) is 5.73 Å². The van der Waals surface area contributed by atoms with Crippen molar-refractivity contribution >= 4 is 16.7 Å². The third-order valence-corrected chi connectivity index (χ3v) is 3.16. The Morgan fingerprint density at radius 2 is 1.68 bits per heavy atom. The van der Waals surface area contributed by atoms with Gasteiger partial charge in [0.1, 0.15) is 5.82 Å². The fraction of sp³-hybridized carbons (Fsp3) is 0.125. The van der Waals surface area contributed by atoms with E-state index in [0.717, 1.165) is 22.0 Å². The van der Waals surface area contributed by atoms with Crippen LogP contribution < -0.4 is 5.73 Å². The van der Waals surface area contributed by atoms with E-state index >= 15 is 0 Å². The lowest BCUT2D eigenvalue weighted by atomic mass is 10.1. The molecule has 0 aliphatic rings. The molecule has 0 aliphatic heterocycles.